The summed E-state index contributed by atoms with van der Waals surface area (Å²) in [6.07, 6.45) is 7.26. The molecule has 104 valence electrons. The van der Waals surface area contributed by atoms with E-state index in [0.29, 0.717) is 17.7 Å². The van der Waals surface area contributed by atoms with Crippen LogP contribution >= 0.6 is 0 Å². The van der Waals surface area contributed by atoms with Crippen molar-refractivity contribution < 1.29 is 4.52 Å². The van der Waals surface area contributed by atoms with Crippen LogP contribution in [-0.2, 0) is 6.42 Å². The van der Waals surface area contributed by atoms with Crippen LogP contribution in [-0.4, -0.2) is 26.7 Å². The zero-order valence-corrected chi connectivity index (χ0v) is 11.2. The monoisotopic (exact) mass is 271 g/mol. The van der Waals surface area contributed by atoms with Gasteiger partial charge in [-0.05, 0) is 25.7 Å². The zero-order chi connectivity index (χ0) is 13.4. The molecule has 6 nitrogen and oxygen atoms in total. The molecular formula is C14H17N5O. The van der Waals surface area contributed by atoms with E-state index in [2.05, 4.69) is 25.4 Å². The van der Waals surface area contributed by atoms with Crippen LogP contribution in [0, 0.1) is 0 Å². The van der Waals surface area contributed by atoms with Crippen molar-refractivity contribution in [3.63, 3.8) is 0 Å². The molecule has 2 heterocycles. The average Bonchev–Trinajstić information content (AvgIpc) is 3.38. The first-order chi connectivity index (χ1) is 9.88. The second kappa shape index (κ2) is 4.85. The van der Waals surface area contributed by atoms with Crippen LogP contribution in [0.25, 0.3) is 0 Å². The third-order valence-corrected chi connectivity index (χ3v) is 3.76. The van der Waals surface area contributed by atoms with E-state index < -0.39 is 0 Å². The first-order valence-electron chi connectivity index (χ1n) is 7.27. The molecule has 6 heteroatoms. The highest BCUT2D eigenvalue weighted by Crippen LogP contribution is 2.39. The molecule has 0 radical (unpaired) electrons. The van der Waals surface area contributed by atoms with Crippen molar-refractivity contribution in [3.05, 3.63) is 29.8 Å². The highest BCUT2D eigenvalue weighted by atomic mass is 16.5. The van der Waals surface area contributed by atoms with E-state index in [9.17, 15) is 0 Å². The van der Waals surface area contributed by atoms with Crippen LogP contribution in [0.5, 0.6) is 0 Å². The molecule has 0 saturated heterocycles. The molecule has 0 spiro atoms. The number of anilines is 1. The number of nitrogens with one attached hydrogen (secondary N) is 1. The third kappa shape index (κ3) is 2.64. The van der Waals surface area contributed by atoms with Gasteiger partial charge in [0.2, 0.25) is 5.89 Å². The molecule has 2 fully saturated rings. The van der Waals surface area contributed by atoms with Gasteiger partial charge in [-0.1, -0.05) is 5.16 Å². The summed E-state index contributed by atoms with van der Waals surface area (Å²) in [6, 6.07) is 2.04. The summed E-state index contributed by atoms with van der Waals surface area (Å²) in [4.78, 5) is 12.9. The smallest absolute Gasteiger partial charge is 0.228 e. The van der Waals surface area contributed by atoms with Crippen molar-refractivity contribution in [3.8, 4) is 0 Å². The Kier molecular flexibility index (Phi) is 2.86. The molecule has 0 atom stereocenters. The maximum absolute atomic E-state index is 5.24. The lowest BCUT2D eigenvalue weighted by Gasteiger charge is -2.04. The van der Waals surface area contributed by atoms with Crippen LogP contribution in [0.15, 0.2) is 16.9 Å². The normalized spacial score (nSPS) is 18.2. The molecule has 1 N–H and O–H groups in total. The third-order valence-electron chi connectivity index (χ3n) is 3.76. The average molecular weight is 271 g/mol. The molecule has 2 aromatic heterocycles. The topological polar surface area (TPSA) is 76.7 Å². The molecule has 4 rings (SSSR count). The van der Waals surface area contributed by atoms with Crippen molar-refractivity contribution >= 4 is 5.82 Å². The molecule has 0 unspecified atom stereocenters. The van der Waals surface area contributed by atoms with Gasteiger partial charge in [0, 0.05) is 36.6 Å². The molecule has 0 aromatic carbocycles. The van der Waals surface area contributed by atoms with Gasteiger partial charge in [-0.2, -0.15) is 4.98 Å². The van der Waals surface area contributed by atoms with E-state index in [-0.39, 0.29) is 0 Å². The minimum Gasteiger partial charge on any atom is -0.369 e. The summed E-state index contributed by atoms with van der Waals surface area (Å²) >= 11 is 0. The maximum atomic E-state index is 5.24. The zero-order valence-electron chi connectivity index (χ0n) is 11.2. The van der Waals surface area contributed by atoms with Crippen LogP contribution in [0.4, 0.5) is 5.82 Å². The summed E-state index contributed by atoms with van der Waals surface area (Å²) in [6.45, 7) is 0.743. The van der Waals surface area contributed by atoms with Crippen LogP contribution < -0.4 is 5.32 Å². The van der Waals surface area contributed by atoms with Crippen LogP contribution in [0.3, 0.4) is 0 Å². The largest absolute Gasteiger partial charge is 0.369 e. The van der Waals surface area contributed by atoms with Gasteiger partial charge in [0.05, 0.1) is 0 Å². The predicted octanol–water partition coefficient (Wildman–Crippen LogP) is 2.27. The van der Waals surface area contributed by atoms with E-state index in [1.165, 1.54) is 25.7 Å². The number of aromatic nitrogens is 4. The van der Waals surface area contributed by atoms with Gasteiger partial charge in [-0.25, -0.2) is 9.97 Å². The minimum atomic E-state index is 0.545. The second-order valence-electron chi connectivity index (χ2n) is 5.60. The van der Waals surface area contributed by atoms with Gasteiger partial charge < -0.3 is 9.84 Å². The van der Waals surface area contributed by atoms with Crippen molar-refractivity contribution in [2.45, 2.75) is 43.9 Å². The Balaban J connectivity index is 1.31. The number of hydrogen-bond acceptors (Lipinski definition) is 6. The van der Waals surface area contributed by atoms with E-state index >= 15 is 0 Å². The van der Waals surface area contributed by atoms with E-state index in [0.717, 1.165) is 30.3 Å². The number of nitrogens with zero attached hydrogens (tertiary/aromatic N) is 4. The fourth-order valence-corrected chi connectivity index (χ4v) is 2.25. The second-order valence-corrected chi connectivity index (χ2v) is 5.60. The Labute approximate surface area is 117 Å². The van der Waals surface area contributed by atoms with Crippen molar-refractivity contribution in [1.82, 2.24) is 20.1 Å². The van der Waals surface area contributed by atoms with E-state index in [1.807, 2.05) is 6.07 Å². The molecule has 0 bridgehead atoms. The van der Waals surface area contributed by atoms with E-state index in [1.54, 1.807) is 6.33 Å². The highest BCUT2D eigenvalue weighted by molar-refractivity contribution is 5.36. The Morgan fingerprint density at radius 1 is 1.15 bits per heavy atom. The molecule has 2 aromatic rings. The predicted molar refractivity (Wildman–Crippen MR) is 72.5 cm³/mol. The fourth-order valence-electron chi connectivity index (χ4n) is 2.25. The number of rotatable bonds is 6. The summed E-state index contributed by atoms with van der Waals surface area (Å²) in [5.74, 6) is 3.65. The van der Waals surface area contributed by atoms with Crippen LogP contribution in [0.2, 0.25) is 0 Å². The van der Waals surface area contributed by atoms with Gasteiger partial charge in [0.25, 0.3) is 0 Å². The molecular weight excluding hydrogens is 254 g/mol. The van der Waals surface area contributed by atoms with Gasteiger partial charge in [-0.3, -0.25) is 0 Å². The fraction of sp³-hybridized carbons (Fsp3) is 0.571. The van der Waals surface area contributed by atoms with Crippen molar-refractivity contribution in [1.29, 1.82) is 0 Å². The molecule has 0 amide bonds. The maximum Gasteiger partial charge on any atom is 0.228 e. The van der Waals surface area contributed by atoms with Crippen molar-refractivity contribution in [2.24, 2.45) is 0 Å². The standard InChI is InChI=1S/C14H17N5O/c1-2-9(1)11-7-12(17-8-16-11)15-6-5-13-18-14(19-20-13)10-3-4-10/h7-10H,1-6H2,(H,15,16,17). The first-order valence-corrected chi connectivity index (χ1v) is 7.27. The van der Waals surface area contributed by atoms with Gasteiger partial charge in [0.15, 0.2) is 5.82 Å². The lowest BCUT2D eigenvalue weighted by Crippen LogP contribution is -2.07. The summed E-state index contributed by atoms with van der Waals surface area (Å²) in [5, 5.41) is 7.30. The molecule has 2 saturated carbocycles. The summed E-state index contributed by atoms with van der Waals surface area (Å²) in [7, 11) is 0. The number of hydrogen-bond donors (Lipinski definition) is 1. The Hall–Kier alpha value is -1.98. The lowest BCUT2D eigenvalue weighted by atomic mass is 10.3. The summed E-state index contributed by atoms with van der Waals surface area (Å²) in [5.41, 5.74) is 1.15. The SMILES string of the molecule is c1nc(NCCc2nc(C3CC3)no2)cc(C2CC2)n1. The molecule has 2 aliphatic rings. The van der Waals surface area contributed by atoms with Gasteiger partial charge in [-0.15, -0.1) is 0 Å². The highest BCUT2D eigenvalue weighted by Gasteiger charge is 2.28. The van der Waals surface area contributed by atoms with Crippen molar-refractivity contribution in [2.75, 3.05) is 11.9 Å². The molecule has 2 aliphatic carbocycles. The van der Waals surface area contributed by atoms with Gasteiger partial charge in [0.1, 0.15) is 12.1 Å². The van der Waals surface area contributed by atoms with Crippen LogP contribution in [0.1, 0.15) is 54.9 Å². The Bertz CT molecular complexity index is 603. The minimum absolute atomic E-state index is 0.545. The molecule has 20 heavy (non-hydrogen) atoms. The lowest BCUT2D eigenvalue weighted by molar-refractivity contribution is 0.375. The Morgan fingerprint density at radius 2 is 2.00 bits per heavy atom. The Morgan fingerprint density at radius 3 is 2.80 bits per heavy atom. The van der Waals surface area contributed by atoms with E-state index in [4.69, 9.17) is 4.52 Å². The first kappa shape index (κ1) is 11.8. The molecule has 0 aliphatic heterocycles. The summed E-state index contributed by atoms with van der Waals surface area (Å²) < 4.78 is 5.24. The van der Waals surface area contributed by atoms with Gasteiger partial charge >= 0.3 is 0 Å². The quantitative estimate of drug-likeness (QED) is 0.868.